The molecular weight excluding hydrogens is 378 g/mol. The number of carbonyl (C=O) groups excluding carboxylic acids is 3. The third-order valence-electron chi connectivity index (χ3n) is 5.49. The molecule has 0 radical (unpaired) electrons. The molecule has 0 aliphatic carbocycles. The maximum absolute atomic E-state index is 12.6. The Hall–Kier alpha value is -2.81. The summed E-state index contributed by atoms with van der Waals surface area (Å²) in [6.45, 7) is 0.824. The molecule has 4 rings (SSSR count). The molecule has 29 heavy (non-hydrogen) atoms. The Balaban J connectivity index is 1.29. The van der Waals surface area contributed by atoms with Crippen molar-refractivity contribution in [1.82, 2.24) is 10.2 Å². The molecular formula is C20H25N3O6. The number of rotatable bonds is 5. The summed E-state index contributed by atoms with van der Waals surface area (Å²) in [7, 11) is 3.40. The summed E-state index contributed by atoms with van der Waals surface area (Å²) in [6, 6.07) is 5.32. The molecule has 3 aliphatic heterocycles. The molecule has 3 atom stereocenters. The Labute approximate surface area is 168 Å². The molecule has 1 aromatic carbocycles. The maximum Gasteiger partial charge on any atom is 0.251 e. The summed E-state index contributed by atoms with van der Waals surface area (Å²) in [5, 5.41) is 2.88. The summed E-state index contributed by atoms with van der Waals surface area (Å²) in [6.07, 6.45) is 0.902. The average Bonchev–Trinajstić information content (AvgIpc) is 3.44. The smallest absolute Gasteiger partial charge is 0.251 e. The average molecular weight is 403 g/mol. The van der Waals surface area contributed by atoms with E-state index in [-0.39, 0.29) is 37.0 Å². The van der Waals surface area contributed by atoms with Crippen molar-refractivity contribution in [1.29, 1.82) is 0 Å². The first kappa shape index (κ1) is 19.5. The van der Waals surface area contributed by atoms with E-state index in [0.29, 0.717) is 36.7 Å². The Kier molecular flexibility index (Phi) is 5.31. The summed E-state index contributed by atoms with van der Waals surface area (Å²) in [4.78, 5) is 40.1. The van der Waals surface area contributed by atoms with Crippen molar-refractivity contribution in [2.24, 2.45) is 5.92 Å². The van der Waals surface area contributed by atoms with Gasteiger partial charge in [-0.25, -0.2) is 0 Å². The van der Waals surface area contributed by atoms with Crippen LogP contribution in [0, 0.1) is 5.92 Å². The van der Waals surface area contributed by atoms with Crippen molar-refractivity contribution in [3.8, 4) is 11.5 Å². The Morgan fingerprint density at radius 3 is 2.79 bits per heavy atom. The summed E-state index contributed by atoms with van der Waals surface area (Å²) in [5.41, 5.74) is 0.693. The third kappa shape index (κ3) is 4.00. The zero-order chi connectivity index (χ0) is 20.5. The fourth-order valence-electron chi connectivity index (χ4n) is 3.87. The Morgan fingerprint density at radius 2 is 2.00 bits per heavy atom. The van der Waals surface area contributed by atoms with Crippen LogP contribution in [0.15, 0.2) is 18.2 Å². The lowest BCUT2D eigenvalue weighted by Gasteiger charge is -2.19. The number of amides is 3. The van der Waals surface area contributed by atoms with E-state index in [1.807, 2.05) is 0 Å². The Bertz CT molecular complexity index is 826. The predicted molar refractivity (Wildman–Crippen MR) is 103 cm³/mol. The lowest BCUT2D eigenvalue weighted by atomic mass is 10.1. The first-order chi connectivity index (χ1) is 13.9. The number of nitrogens with one attached hydrogen (secondary N) is 1. The lowest BCUT2D eigenvalue weighted by Crippen LogP contribution is -2.39. The van der Waals surface area contributed by atoms with Gasteiger partial charge in [-0.15, -0.1) is 0 Å². The molecule has 9 heteroatoms. The number of hydrogen-bond donors (Lipinski definition) is 1. The minimum Gasteiger partial charge on any atom is -0.454 e. The van der Waals surface area contributed by atoms with Crippen LogP contribution in [-0.2, 0) is 19.1 Å². The topological polar surface area (TPSA) is 97.4 Å². The standard InChI is InChI=1S/C20H25N3O6/c1-22(2)20(26)16-6-4-14(29-16)9-21-19(25)12-7-18(24)23(10-12)13-3-5-15-17(8-13)28-11-27-15/h3,5,8,12,14,16H,4,6-7,9-11H2,1-2H3,(H,21,25)/t12-,14-,16+/m1/s1. The van der Waals surface area contributed by atoms with Gasteiger partial charge in [0.15, 0.2) is 11.5 Å². The fraction of sp³-hybridized carbons (Fsp3) is 0.550. The van der Waals surface area contributed by atoms with Gasteiger partial charge >= 0.3 is 0 Å². The van der Waals surface area contributed by atoms with Gasteiger partial charge in [-0.1, -0.05) is 0 Å². The SMILES string of the molecule is CN(C)C(=O)[C@@H]1CC[C@H](CNC(=O)[C@@H]2CC(=O)N(c3ccc4c(c3)OCO4)C2)O1. The molecule has 0 spiro atoms. The fourth-order valence-corrected chi connectivity index (χ4v) is 3.87. The van der Waals surface area contributed by atoms with Crippen molar-refractivity contribution in [2.45, 2.75) is 31.5 Å². The van der Waals surface area contributed by atoms with Crippen molar-refractivity contribution < 1.29 is 28.6 Å². The minimum atomic E-state index is -0.443. The predicted octanol–water partition coefficient (Wildman–Crippen LogP) is 0.520. The van der Waals surface area contributed by atoms with E-state index >= 15 is 0 Å². The molecule has 0 unspecified atom stereocenters. The molecule has 3 heterocycles. The summed E-state index contributed by atoms with van der Waals surface area (Å²) < 4.78 is 16.4. The van der Waals surface area contributed by atoms with Gasteiger partial charge < -0.3 is 29.3 Å². The van der Waals surface area contributed by atoms with Gasteiger partial charge in [-0.05, 0) is 25.0 Å². The maximum atomic E-state index is 12.6. The highest BCUT2D eigenvalue weighted by atomic mass is 16.7. The molecule has 9 nitrogen and oxygen atoms in total. The van der Waals surface area contributed by atoms with E-state index in [4.69, 9.17) is 14.2 Å². The molecule has 3 amide bonds. The second kappa shape index (κ2) is 7.90. The third-order valence-corrected chi connectivity index (χ3v) is 5.49. The number of benzene rings is 1. The number of carbonyl (C=O) groups is 3. The summed E-state index contributed by atoms with van der Waals surface area (Å²) >= 11 is 0. The van der Waals surface area contributed by atoms with Crippen LogP contribution in [-0.4, -0.2) is 68.8 Å². The largest absolute Gasteiger partial charge is 0.454 e. The highest BCUT2D eigenvalue weighted by molar-refractivity contribution is 6.00. The van der Waals surface area contributed by atoms with E-state index in [0.717, 1.165) is 6.42 Å². The number of ether oxygens (including phenoxy) is 3. The van der Waals surface area contributed by atoms with Crippen LogP contribution >= 0.6 is 0 Å². The van der Waals surface area contributed by atoms with E-state index < -0.39 is 12.0 Å². The molecule has 0 aromatic heterocycles. The molecule has 2 saturated heterocycles. The van der Waals surface area contributed by atoms with Crippen molar-refractivity contribution in [3.05, 3.63) is 18.2 Å². The highest BCUT2D eigenvalue weighted by Crippen LogP contribution is 2.37. The molecule has 0 bridgehead atoms. The second-order valence-corrected chi connectivity index (χ2v) is 7.74. The van der Waals surface area contributed by atoms with E-state index in [2.05, 4.69) is 5.32 Å². The zero-order valence-corrected chi connectivity index (χ0v) is 16.6. The number of hydrogen-bond acceptors (Lipinski definition) is 6. The van der Waals surface area contributed by atoms with Crippen LogP contribution in [0.3, 0.4) is 0 Å². The van der Waals surface area contributed by atoms with Gasteiger partial charge in [-0.3, -0.25) is 14.4 Å². The van der Waals surface area contributed by atoms with Crippen molar-refractivity contribution in [3.63, 3.8) is 0 Å². The zero-order valence-electron chi connectivity index (χ0n) is 16.6. The van der Waals surface area contributed by atoms with Gasteiger partial charge in [0.05, 0.1) is 12.0 Å². The van der Waals surface area contributed by atoms with Crippen LogP contribution in [0.25, 0.3) is 0 Å². The summed E-state index contributed by atoms with van der Waals surface area (Å²) in [5.74, 6) is 0.499. The first-order valence-electron chi connectivity index (χ1n) is 9.76. The molecule has 3 aliphatic rings. The number of nitrogens with zero attached hydrogens (tertiary/aromatic N) is 2. The van der Waals surface area contributed by atoms with Crippen LogP contribution in [0.5, 0.6) is 11.5 Å². The Morgan fingerprint density at radius 1 is 1.21 bits per heavy atom. The van der Waals surface area contributed by atoms with Crippen LogP contribution in [0.2, 0.25) is 0 Å². The van der Waals surface area contributed by atoms with Gasteiger partial charge in [0.2, 0.25) is 18.6 Å². The number of fused-ring (bicyclic) bond motifs is 1. The van der Waals surface area contributed by atoms with Crippen molar-refractivity contribution in [2.75, 3.05) is 38.9 Å². The lowest BCUT2D eigenvalue weighted by molar-refractivity contribution is -0.140. The van der Waals surface area contributed by atoms with Crippen LogP contribution < -0.4 is 19.7 Å². The molecule has 0 saturated carbocycles. The molecule has 1 aromatic rings. The quantitative estimate of drug-likeness (QED) is 0.770. The van der Waals surface area contributed by atoms with Crippen LogP contribution in [0.1, 0.15) is 19.3 Å². The number of anilines is 1. The molecule has 156 valence electrons. The van der Waals surface area contributed by atoms with Gasteiger partial charge in [-0.2, -0.15) is 0 Å². The monoisotopic (exact) mass is 403 g/mol. The second-order valence-electron chi connectivity index (χ2n) is 7.74. The van der Waals surface area contributed by atoms with E-state index in [1.54, 1.807) is 37.2 Å². The molecule has 1 N–H and O–H groups in total. The van der Waals surface area contributed by atoms with Gasteiger partial charge in [0.25, 0.3) is 5.91 Å². The number of likely N-dealkylation sites (N-methyl/N-ethyl adjacent to an activating group) is 1. The van der Waals surface area contributed by atoms with Gasteiger partial charge in [0.1, 0.15) is 6.10 Å². The van der Waals surface area contributed by atoms with E-state index in [1.165, 1.54) is 4.90 Å². The first-order valence-corrected chi connectivity index (χ1v) is 9.76. The minimum absolute atomic E-state index is 0.0559. The van der Waals surface area contributed by atoms with E-state index in [9.17, 15) is 14.4 Å². The van der Waals surface area contributed by atoms with Crippen LogP contribution in [0.4, 0.5) is 5.69 Å². The van der Waals surface area contributed by atoms with Crippen molar-refractivity contribution >= 4 is 23.4 Å². The molecule has 2 fully saturated rings. The van der Waals surface area contributed by atoms with Gasteiger partial charge in [0, 0.05) is 45.4 Å². The highest BCUT2D eigenvalue weighted by Gasteiger charge is 2.37. The normalized spacial score (nSPS) is 25.4.